The third-order valence-corrected chi connectivity index (χ3v) is 3.84. The van der Waals surface area contributed by atoms with Gasteiger partial charge in [-0.2, -0.15) is 5.10 Å². The van der Waals surface area contributed by atoms with Crippen molar-refractivity contribution in [1.29, 1.82) is 0 Å². The summed E-state index contributed by atoms with van der Waals surface area (Å²) >= 11 is 0. The molecule has 0 aliphatic heterocycles. The summed E-state index contributed by atoms with van der Waals surface area (Å²) in [6.07, 6.45) is 0. The van der Waals surface area contributed by atoms with Gasteiger partial charge in [-0.3, -0.25) is 9.59 Å². The Labute approximate surface area is 164 Å². The van der Waals surface area contributed by atoms with Gasteiger partial charge < -0.3 is 14.8 Å². The number of benzene rings is 2. The molecule has 0 fully saturated rings. The molecule has 1 N–H and O–H groups in total. The van der Waals surface area contributed by atoms with Gasteiger partial charge >= 0.3 is 0 Å². The van der Waals surface area contributed by atoms with Gasteiger partial charge in [-0.25, -0.2) is 13.5 Å². The van der Waals surface area contributed by atoms with Crippen molar-refractivity contribution in [2.45, 2.75) is 6.92 Å². The number of nitrogens with zero attached hydrogens (tertiary/aromatic N) is 2. The van der Waals surface area contributed by atoms with Crippen LogP contribution in [-0.4, -0.2) is 29.4 Å². The smallest absolute Gasteiger partial charge is 0.280 e. The molecule has 0 bridgehead atoms. The normalized spacial score (nSPS) is 10.5. The van der Waals surface area contributed by atoms with Crippen LogP contribution < -0.4 is 20.2 Å². The molecule has 0 unspecified atom stereocenters. The molecule has 0 aliphatic carbocycles. The number of amides is 1. The molecule has 0 spiro atoms. The Kier molecular flexibility index (Phi) is 5.87. The lowest BCUT2D eigenvalue weighted by Crippen LogP contribution is -2.26. The van der Waals surface area contributed by atoms with Crippen LogP contribution in [0.4, 0.5) is 14.5 Å². The first-order valence-electron chi connectivity index (χ1n) is 8.60. The Morgan fingerprint density at radius 1 is 1.10 bits per heavy atom. The third kappa shape index (κ3) is 4.57. The van der Waals surface area contributed by atoms with Gasteiger partial charge in [0, 0.05) is 11.8 Å². The molecular formula is C20H17F2N3O4. The SMILES string of the molecule is CCOc1cc(=O)c(C(=O)Nc2cc(F)cc(F)c2)nn1-c1ccc(OC)cc1. The van der Waals surface area contributed by atoms with E-state index >= 15 is 0 Å². The maximum atomic E-state index is 13.3. The number of carbonyl (C=O) groups is 1. The zero-order valence-electron chi connectivity index (χ0n) is 15.6. The van der Waals surface area contributed by atoms with E-state index in [1.807, 2.05) is 0 Å². The third-order valence-electron chi connectivity index (χ3n) is 3.84. The van der Waals surface area contributed by atoms with Gasteiger partial charge in [0.2, 0.25) is 11.3 Å². The summed E-state index contributed by atoms with van der Waals surface area (Å²) in [5.74, 6) is -1.90. The highest BCUT2D eigenvalue weighted by atomic mass is 19.1. The number of rotatable bonds is 6. The summed E-state index contributed by atoms with van der Waals surface area (Å²) in [5.41, 5.74) is -0.791. The second-order valence-corrected chi connectivity index (χ2v) is 5.85. The minimum atomic E-state index is -0.912. The summed E-state index contributed by atoms with van der Waals surface area (Å²) in [6, 6.07) is 10.4. The lowest BCUT2D eigenvalue weighted by molar-refractivity contribution is 0.101. The van der Waals surface area contributed by atoms with E-state index < -0.39 is 28.7 Å². The van der Waals surface area contributed by atoms with Gasteiger partial charge in [0.1, 0.15) is 17.4 Å². The molecule has 1 heterocycles. The van der Waals surface area contributed by atoms with E-state index in [2.05, 4.69) is 10.4 Å². The van der Waals surface area contributed by atoms with Crippen LogP contribution in [0.2, 0.25) is 0 Å². The van der Waals surface area contributed by atoms with Crippen molar-refractivity contribution >= 4 is 11.6 Å². The minimum absolute atomic E-state index is 0.135. The molecule has 7 nitrogen and oxygen atoms in total. The van der Waals surface area contributed by atoms with Crippen LogP contribution in [0.15, 0.2) is 53.3 Å². The average Bonchev–Trinajstić information content (AvgIpc) is 2.67. The van der Waals surface area contributed by atoms with E-state index in [9.17, 15) is 18.4 Å². The van der Waals surface area contributed by atoms with Crippen LogP contribution in [0, 0.1) is 11.6 Å². The Morgan fingerprint density at radius 3 is 2.34 bits per heavy atom. The standard InChI is InChI=1S/C20H17F2N3O4/c1-3-29-18-11-17(26)19(20(27)23-14-9-12(21)8-13(22)10-14)24-25(18)15-4-6-16(28-2)7-5-15/h4-11H,3H2,1-2H3,(H,23,27). The molecule has 3 aromatic rings. The van der Waals surface area contributed by atoms with Crippen LogP contribution in [0.3, 0.4) is 0 Å². The highest BCUT2D eigenvalue weighted by Crippen LogP contribution is 2.19. The van der Waals surface area contributed by atoms with Crippen molar-refractivity contribution in [1.82, 2.24) is 9.78 Å². The number of halogens is 2. The van der Waals surface area contributed by atoms with Crippen molar-refractivity contribution < 1.29 is 23.0 Å². The maximum absolute atomic E-state index is 13.3. The lowest BCUT2D eigenvalue weighted by Gasteiger charge is -2.14. The molecule has 29 heavy (non-hydrogen) atoms. The number of aromatic nitrogens is 2. The summed E-state index contributed by atoms with van der Waals surface area (Å²) in [7, 11) is 1.52. The van der Waals surface area contributed by atoms with Gasteiger partial charge in [0.05, 0.1) is 25.5 Å². The number of nitrogens with one attached hydrogen (secondary N) is 1. The van der Waals surface area contributed by atoms with E-state index in [1.165, 1.54) is 11.8 Å². The summed E-state index contributed by atoms with van der Waals surface area (Å²) in [6.45, 7) is 2.01. The molecule has 3 rings (SSSR count). The zero-order valence-corrected chi connectivity index (χ0v) is 15.6. The largest absolute Gasteiger partial charge is 0.497 e. The summed E-state index contributed by atoms with van der Waals surface area (Å²) in [5, 5.41) is 6.37. The lowest BCUT2D eigenvalue weighted by atomic mass is 10.2. The average molecular weight is 401 g/mol. The van der Waals surface area contributed by atoms with Gasteiger partial charge in [0.25, 0.3) is 5.91 Å². The monoisotopic (exact) mass is 401 g/mol. The van der Waals surface area contributed by atoms with Crippen LogP contribution >= 0.6 is 0 Å². The summed E-state index contributed by atoms with van der Waals surface area (Å²) < 4.78 is 38.5. The fourth-order valence-electron chi connectivity index (χ4n) is 2.57. The molecule has 150 valence electrons. The Bertz CT molecular complexity index is 1080. The highest BCUT2D eigenvalue weighted by molar-refractivity contribution is 6.02. The van der Waals surface area contributed by atoms with Crippen molar-refractivity contribution in [3.05, 3.63) is 76.1 Å². The van der Waals surface area contributed by atoms with Gasteiger partial charge in [-0.15, -0.1) is 0 Å². The number of anilines is 1. The Morgan fingerprint density at radius 2 is 1.76 bits per heavy atom. The van der Waals surface area contributed by atoms with E-state index in [0.29, 0.717) is 17.5 Å². The second-order valence-electron chi connectivity index (χ2n) is 5.85. The van der Waals surface area contributed by atoms with Crippen molar-refractivity contribution in [3.63, 3.8) is 0 Å². The molecule has 9 heteroatoms. The van der Waals surface area contributed by atoms with Crippen molar-refractivity contribution in [2.24, 2.45) is 0 Å². The fraction of sp³-hybridized carbons (Fsp3) is 0.150. The molecule has 0 saturated carbocycles. The zero-order chi connectivity index (χ0) is 21.0. The predicted octanol–water partition coefficient (Wildman–Crippen LogP) is 3.17. The van der Waals surface area contributed by atoms with Crippen LogP contribution in [0.5, 0.6) is 11.6 Å². The van der Waals surface area contributed by atoms with Crippen molar-refractivity contribution in [3.8, 4) is 17.3 Å². The number of ether oxygens (including phenoxy) is 2. The Hall–Kier alpha value is -3.75. The van der Waals surface area contributed by atoms with Gasteiger partial charge in [-0.1, -0.05) is 0 Å². The van der Waals surface area contributed by atoms with Gasteiger partial charge in [0.15, 0.2) is 5.69 Å². The van der Waals surface area contributed by atoms with Crippen molar-refractivity contribution in [2.75, 3.05) is 19.0 Å². The molecule has 0 atom stereocenters. The molecule has 0 saturated heterocycles. The quantitative estimate of drug-likeness (QED) is 0.686. The first kappa shape index (κ1) is 20.0. The molecule has 0 aliphatic rings. The van der Waals surface area contributed by atoms with E-state index in [-0.39, 0.29) is 18.2 Å². The van der Waals surface area contributed by atoms with E-state index in [4.69, 9.17) is 9.47 Å². The predicted molar refractivity (Wildman–Crippen MR) is 102 cm³/mol. The second kappa shape index (κ2) is 8.51. The summed E-state index contributed by atoms with van der Waals surface area (Å²) in [4.78, 5) is 24.9. The van der Waals surface area contributed by atoms with E-state index in [0.717, 1.165) is 18.2 Å². The first-order chi connectivity index (χ1) is 13.9. The molecule has 1 aromatic heterocycles. The van der Waals surface area contributed by atoms with Crippen LogP contribution in [0.1, 0.15) is 17.4 Å². The molecule has 0 radical (unpaired) electrons. The maximum Gasteiger partial charge on any atom is 0.280 e. The van der Waals surface area contributed by atoms with Gasteiger partial charge in [-0.05, 0) is 43.3 Å². The number of hydrogen-bond donors (Lipinski definition) is 1. The van der Waals surface area contributed by atoms with E-state index in [1.54, 1.807) is 31.2 Å². The number of carbonyl (C=O) groups excluding carboxylic acids is 1. The Balaban J connectivity index is 2.02. The molecule has 2 aromatic carbocycles. The van der Waals surface area contributed by atoms with Crippen LogP contribution in [-0.2, 0) is 0 Å². The minimum Gasteiger partial charge on any atom is -0.497 e. The topological polar surface area (TPSA) is 82.5 Å². The molecular weight excluding hydrogens is 384 g/mol. The van der Waals surface area contributed by atoms with Crippen LogP contribution in [0.25, 0.3) is 5.69 Å². The first-order valence-corrected chi connectivity index (χ1v) is 8.60. The highest BCUT2D eigenvalue weighted by Gasteiger charge is 2.18. The number of hydrogen-bond acceptors (Lipinski definition) is 5. The molecule has 1 amide bonds. The fourth-order valence-corrected chi connectivity index (χ4v) is 2.57. The number of methoxy groups -OCH3 is 1.